The van der Waals surface area contributed by atoms with Crippen molar-refractivity contribution < 1.29 is 19.0 Å². The maximum absolute atomic E-state index is 14.3. The van der Waals surface area contributed by atoms with Crippen LogP contribution in [0.3, 0.4) is 0 Å². The third kappa shape index (κ3) is 5.97. The zero-order valence-corrected chi connectivity index (χ0v) is 19.7. The van der Waals surface area contributed by atoms with Gasteiger partial charge < -0.3 is 31.4 Å². The number of guanidine groups is 1. The van der Waals surface area contributed by atoms with Gasteiger partial charge in [0.05, 0.1) is 30.3 Å². The second-order valence-corrected chi connectivity index (χ2v) is 7.93. The SMILES string of the molecule is COc1cc(Cc2nc(N=C(N)N)c3c(NCCO)cc(F)cc3n2)ccc1OCc1ccccc1. The van der Waals surface area contributed by atoms with Crippen LogP contribution in [0.5, 0.6) is 11.5 Å². The van der Waals surface area contributed by atoms with Crippen LogP contribution in [0.1, 0.15) is 17.0 Å². The topological polar surface area (TPSA) is 141 Å². The van der Waals surface area contributed by atoms with E-state index in [0.717, 1.165) is 11.1 Å². The fourth-order valence-corrected chi connectivity index (χ4v) is 3.73. The molecular formula is C26H27FN6O3. The summed E-state index contributed by atoms with van der Waals surface area (Å²) in [5.41, 5.74) is 13.9. The van der Waals surface area contributed by atoms with Crippen LogP contribution in [0, 0.1) is 5.82 Å². The normalized spacial score (nSPS) is 10.8. The molecule has 0 saturated heterocycles. The third-order valence-electron chi connectivity index (χ3n) is 5.28. The quantitative estimate of drug-likeness (QED) is 0.196. The summed E-state index contributed by atoms with van der Waals surface area (Å²) in [5, 5.41) is 12.6. The number of hydrogen-bond acceptors (Lipinski definition) is 7. The van der Waals surface area contributed by atoms with Gasteiger partial charge in [0, 0.05) is 19.0 Å². The standard InChI is InChI=1S/C26H27FN6O3/c1-35-22-11-17(7-8-21(22)36-15-16-5-3-2-4-6-16)12-23-31-20-14-18(27)13-19(30-9-10-34)24(20)25(32-23)33-26(28)29/h2-8,11,13-14,30,34H,9-10,12,15H2,1H3,(H4,28,29,31,32,33). The summed E-state index contributed by atoms with van der Waals surface area (Å²) in [7, 11) is 1.57. The number of anilines is 1. The number of aliphatic hydroxyl groups excluding tert-OH is 1. The van der Waals surface area contributed by atoms with Gasteiger partial charge >= 0.3 is 0 Å². The molecule has 3 aromatic carbocycles. The first kappa shape index (κ1) is 24.7. The number of nitrogens with zero attached hydrogens (tertiary/aromatic N) is 3. The van der Waals surface area contributed by atoms with E-state index in [-0.39, 0.29) is 24.9 Å². The monoisotopic (exact) mass is 490 g/mol. The molecule has 0 spiro atoms. The van der Waals surface area contributed by atoms with Gasteiger partial charge in [-0.05, 0) is 29.3 Å². The average molecular weight is 491 g/mol. The number of aromatic nitrogens is 2. The van der Waals surface area contributed by atoms with E-state index in [4.69, 9.17) is 20.9 Å². The largest absolute Gasteiger partial charge is 0.493 e. The highest BCUT2D eigenvalue weighted by Gasteiger charge is 2.15. The zero-order chi connectivity index (χ0) is 25.5. The number of benzene rings is 3. The molecule has 0 amide bonds. The molecule has 0 aliphatic rings. The molecule has 0 atom stereocenters. The van der Waals surface area contributed by atoms with Crippen LogP contribution in [0.4, 0.5) is 15.9 Å². The first-order valence-corrected chi connectivity index (χ1v) is 11.2. The van der Waals surface area contributed by atoms with Crippen LogP contribution in [0.2, 0.25) is 0 Å². The molecule has 0 bridgehead atoms. The molecule has 0 radical (unpaired) electrons. The molecule has 0 unspecified atom stereocenters. The Morgan fingerprint density at radius 1 is 1.03 bits per heavy atom. The Hall–Kier alpha value is -4.44. The van der Waals surface area contributed by atoms with Gasteiger partial charge in [0.1, 0.15) is 18.2 Å². The van der Waals surface area contributed by atoms with E-state index in [1.807, 2.05) is 48.5 Å². The lowest BCUT2D eigenvalue weighted by atomic mass is 10.1. The van der Waals surface area contributed by atoms with Crippen LogP contribution in [-0.4, -0.2) is 41.3 Å². The van der Waals surface area contributed by atoms with Gasteiger partial charge in [-0.15, -0.1) is 0 Å². The molecular weight excluding hydrogens is 463 g/mol. The van der Waals surface area contributed by atoms with E-state index in [0.29, 0.717) is 46.9 Å². The van der Waals surface area contributed by atoms with Gasteiger partial charge in [0.2, 0.25) is 0 Å². The summed E-state index contributed by atoms with van der Waals surface area (Å²) < 4.78 is 25.8. The van der Waals surface area contributed by atoms with Crippen LogP contribution in [-0.2, 0) is 13.0 Å². The number of hydrogen-bond donors (Lipinski definition) is 4. The zero-order valence-electron chi connectivity index (χ0n) is 19.7. The van der Waals surface area contributed by atoms with Crippen LogP contribution in [0.25, 0.3) is 10.9 Å². The molecule has 9 nitrogen and oxygen atoms in total. The smallest absolute Gasteiger partial charge is 0.192 e. The van der Waals surface area contributed by atoms with Crippen molar-refractivity contribution in [1.82, 2.24) is 9.97 Å². The molecule has 36 heavy (non-hydrogen) atoms. The van der Waals surface area contributed by atoms with Crippen molar-refractivity contribution in [3.63, 3.8) is 0 Å². The van der Waals surface area contributed by atoms with Gasteiger partial charge in [-0.2, -0.15) is 4.99 Å². The number of fused-ring (bicyclic) bond motifs is 1. The predicted octanol–water partition coefficient (Wildman–Crippen LogP) is 3.26. The molecule has 0 aliphatic heterocycles. The predicted molar refractivity (Wildman–Crippen MR) is 137 cm³/mol. The molecule has 10 heteroatoms. The molecule has 186 valence electrons. The Morgan fingerprint density at radius 3 is 2.56 bits per heavy atom. The molecule has 0 aliphatic carbocycles. The van der Waals surface area contributed by atoms with Crippen molar-refractivity contribution >= 4 is 28.4 Å². The Balaban J connectivity index is 1.66. The summed E-state index contributed by atoms with van der Waals surface area (Å²) in [6.45, 7) is 0.478. The van der Waals surface area contributed by atoms with E-state index in [9.17, 15) is 9.50 Å². The lowest BCUT2D eigenvalue weighted by molar-refractivity contribution is 0.284. The molecule has 0 saturated carbocycles. The lowest BCUT2D eigenvalue weighted by Gasteiger charge is -2.14. The van der Waals surface area contributed by atoms with Gasteiger partial charge in [0.25, 0.3) is 0 Å². The minimum atomic E-state index is -0.496. The van der Waals surface area contributed by atoms with Crippen molar-refractivity contribution in [3.05, 3.63) is 83.4 Å². The Labute approximate surface area is 207 Å². The van der Waals surface area contributed by atoms with Crippen molar-refractivity contribution in [2.45, 2.75) is 13.0 Å². The molecule has 1 heterocycles. The third-order valence-corrected chi connectivity index (χ3v) is 5.28. The number of aliphatic hydroxyl groups is 1. The highest BCUT2D eigenvalue weighted by Crippen LogP contribution is 2.33. The Bertz CT molecular complexity index is 1380. The summed E-state index contributed by atoms with van der Waals surface area (Å²) in [6.07, 6.45) is 0.314. The van der Waals surface area contributed by atoms with Crippen LogP contribution < -0.4 is 26.3 Å². The molecule has 0 fully saturated rings. The highest BCUT2D eigenvalue weighted by molar-refractivity contribution is 6.00. The van der Waals surface area contributed by atoms with Gasteiger partial charge in [0.15, 0.2) is 23.3 Å². The summed E-state index contributed by atoms with van der Waals surface area (Å²) >= 11 is 0. The number of aliphatic imine (C=N–C) groups is 1. The fourth-order valence-electron chi connectivity index (χ4n) is 3.73. The number of rotatable bonds is 10. The van der Waals surface area contributed by atoms with Crippen LogP contribution in [0.15, 0.2) is 65.7 Å². The van der Waals surface area contributed by atoms with E-state index in [2.05, 4.69) is 20.3 Å². The average Bonchev–Trinajstić information content (AvgIpc) is 2.86. The van der Waals surface area contributed by atoms with Gasteiger partial charge in [-0.1, -0.05) is 36.4 Å². The van der Waals surface area contributed by atoms with Crippen molar-refractivity contribution in [3.8, 4) is 11.5 Å². The van der Waals surface area contributed by atoms with E-state index < -0.39 is 5.82 Å². The molecule has 6 N–H and O–H groups in total. The minimum Gasteiger partial charge on any atom is -0.493 e. The summed E-state index contributed by atoms with van der Waals surface area (Å²) in [6, 6.07) is 18.0. The Kier molecular flexibility index (Phi) is 7.76. The number of nitrogens with one attached hydrogen (secondary N) is 1. The minimum absolute atomic E-state index is 0.137. The number of methoxy groups -OCH3 is 1. The van der Waals surface area contributed by atoms with Gasteiger partial charge in [-0.3, -0.25) is 0 Å². The summed E-state index contributed by atoms with van der Waals surface area (Å²) in [5.74, 6) is 1.07. The first-order valence-electron chi connectivity index (χ1n) is 11.2. The Morgan fingerprint density at radius 2 is 1.83 bits per heavy atom. The lowest BCUT2D eigenvalue weighted by Crippen LogP contribution is -2.22. The van der Waals surface area contributed by atoms with E-state index >= 15 is 0 Å². The number of nitrogens with two attached hydrogens (primary N) is 2. The molecule has 4 rings (SSSR count). The highest BCUT2D eigenvalue weighted by atomic mass is 19.1. The van der Waals surface area contributed by atoms with Crippen molar-refractivity contribution in [2.24, 2.45) is 16.5 Å². The van der Waals surface area contributed by atoms with Crippen molar-refractivity contribution in [1.29, 1.82) is 0 Å². The fraction of sp³-hybridized carbons (Fsp3) is 0.192. The number of halogens is 1. The maximum atomic E-state index is 14.3. The second-order valence-electron chi connectivity index (χ2n) is 7.93. The molecule has 4 aromatic rings. The summed E-state index contributed by atoms with van der Waals surface area (Å²) in [4.78, 5) is 13.2. The van der Waals surface area contributed by atoms with Gasteiger partial charge in [-0.25, -0.2) is 14.4 Å². The molecule has 1 aromatic heterocycles. The van der Waals surface area contributed by atoms with Crippen LogP contribution >= 0.6 is 0 Å². The van der Waals surface area contributed by atoms with Crippen molar-refractivity contribution in [2.75, 3.05) is 25.6 Å². The second kappa shape index (κ2) is 11.3. The van der Waals surface area contributed by atoms with E-state index in [1.165, 1.54) is 12.1 Å². The van der Waals surface area contributed by atoms with E-state index in [1.54, 1.807) is 7.11 Å². The maximum Gasteiger partial charge on any atom is 0.192 e. The number of ether oxygens (including phenoxy) is 2. The first-order chi connectivity index (χ1) is 17.5.